The van der Waals surface area contributed by atoms with Crippen LogP contribution in [0.25, 0.3) is 0 Å². The monoisotopic (exact) mass is 252 g/mol. The molecule has 2 N–H and O–H groups in total. The van der Waals surface area contributed by atoms with Crippen molar-refractivity contribution in [3.8, 4) is 0 Å². The summed E-state index contributed by atoms with van der Waals surface area (Å²) in [6.07, 6.45) is 0.745. The van der Waals surface area contributed by atoms with Crippen molar-refractivity contribution in [2.45, 2.75) is 26.3 Å². The molecule has 18 heavy (non-hydrogen) atoms. The zero-order valence-corrected chi connectivity index (χ0v) is 11.2. The number of hydrogen-bond donors (Lipinski definition) is 1. The Morgan fingerprint density at radius 1 is 1.44 bits per heavy atom. The molecule has 1 atom stereocenters. The van der Waals surface area contributed by atoms with Gasteiger partial charge in [-0.2, -0.15) is 0 Å². The SMILES string of the molecule is CC(C)C(N)CCN(C)C(=O)c1cccc(F)c1. The van der Waals surface area contributed by atoms with Gasteiger partial charge >= 0.3 is 0 Å². The highest BCUT2D eigenvalue weighted by Crippen LogP contribution is 2.08. The molecular weight excluding hydrogens is 231 g/mol. The standard InChI is InChI=1S/C14H21FN2O/c1-10(2)13(16)7-8-17(3)14(18)11-5-4-6-12(15)9-11/h4-6,9-10,13H,7-8,16H2,1-3H3. The van der Waals surface area contributed by atoms with Gasteiger partial charge in [0.25, 0.3) is 5.91 Å². The molecule has 4 heteroatoms. The third-order valence-electron chi connectivity index (χ3n) is 3.07. The van der Waals surface area contributed by atoms with Gasteiger partial charge in [-0.05, 0) is 30.5 Å². The second-order valence-corrected chi connectivity index (χ2v) is 4.93. The van der Waals surface area contributed by atoms with Crippen LogP contribution in [0.4, 0.5) is 4.39 Å². The predicted octanol–water partition coefficient (Wildman–Crippen LogP) is 2.27. The molecule has 1 amide bonds. The fraction of sp³-hybridized carbons (Fsp3) is 0.500. The van der Waals surface area contributed by atoms with E-state index >= 15 is 0 Å². The Labute approximate surface area is 108 Å². The molecule has 0 aromatic heterocycles. The first-order chi connectivity index (χ1) is 8.41. The van der Waals surface area contributed by atoms with Crippen LogP contribution in [0.2, 0.25) is 0 Å². The van der Waals surface area contributed by atoms with Crippen molar-refractivity contribution in [1.82, 2.24) is 4.90 Å². The van der Waals surface area contributed by atoms with E-state index in [0.717, 1.165) is 6.42 Å². The van der Waals surface area contributed by atoms with Gasteiger partial charge in [0.05, 0.1) is 0 Å². The van der Waals surface area contributed by atoms with Gasteiger partial charge in [0, 0.05) is 25.2 Å². The molecule has 0 aliphatic heterocycles. The molecule has 1 aromatic rings. The largest absolute Gasteiger partial charge is 0.342 e. The van der Waals surface area contributed by atoms with Gasteiger partial charge in [-0.25, -0.2) is 4.39 Å². The number of hydrogen-bond acceptors (Lipinski definition) is 2. The number of carbonyl (C=O) groups excluding carboxylic acids is 1. The normalized spacial score (nSPS) is 12.6. The van der Waals surface area contributed by atoms with E-state index in [9.17, 15) is 9.18 Å². The Morgan fingerprint density at radius 3 is 2.67 bits per heavy atom. The van der Waals surface area contributed by atoms with E-state index in [1.807, 2.05) is 0 Å². The summed E-state index contributed by atoms with van der Waals surface area (Å²) in [7, 11) is 1.71. The van der Waals surface area contributed by atoms with E-state index in [1.54, 1.807) is 18.0 Å². The molecule has 0 saturated heterocycles. The molecule has 0 fully saturated rings. The van der Waals surface area contributed by atoms with Crippen LogP contribution in [0.1, 0.15) is 30.6 Å². The molecule has 0 aliphatic carbocycles. The van der Waals surface area contributed by atoms with Crippen LogP contribution >= 0.6 is 0 Å². The molecule has 1 aromatic carbocycles. The summed E-state index contributed by atoms with van der Waals surface area (Å²) in [5.74, 6) is -0.179. The molecular formula is C14H21FN2O. The zero-order chi connectivity index (χ0) is 13.7. The van der Waals surface area contributed by atoms with Crippen LogP contribution in [0.15, 0.2) is 24.3 Å². The van der Waals surface area contributed by atoms with E-state index < -0.39 is 5.82 Å². The van der Waals surface area contributed by atoms with Crippen molar-refractivity contribution in [1.29, 1.82) is 0 Å². The van der Waals surface area contributed by atoms with E-state index in [1.165, 1.54) is 18.2 Å². The van der Waals surface area contributed by atoms with Crippen LogP contribution in [0.5, 0.6) is 0 Å². The van der Waals surface area contributed by atoms with Crippen molar-refractivity contribution in [2.75, 3.05) is 13.6 Å². The molecule has 1 rings (SSSR count). The molecule has 100 valence electrons. The highest BCUT2D eigenvalue weighted by atomic mass is 19.1. The van der Waals surface area contributed by atoms with Gasteiger partial charge in [-0.15, -0.1) is 0 Å². The van der Waals surface area contributed by atoms with Crippen LogP contribution in [-0.4, -0.2) is 30.4 Å². The summed E-state index contributed by atoms with van der Waals surface area (Å²) in [6, 6.07) is 5.81. The smallest absolute Gasteiger partial charge is 0.253 e. The Bertz CT molecular complexity index is 407. The van der Waals surface area contributed by atoms with Gasteiger partial charge < -0.3 is 10.6 Å². The van der Waals surface area contributed by atoms with Crippen LogP contribution in [0, 0.1) is 11.7 Å². The van der Waals surface area contributed by atoms with Gasteiger partial charge in [0.2, 0.25) is 0 Å². The number of rotatable bonds is 5. The summed E-state index contributed by atoms with van der Waals surface area (Å²) in [5.41, 5.74) is 6.30. The Balaban J connectivity index is 2.57. The minimum Gasteiger partial charge on any atom is -0.342 e. The van der Waals surface area contributed by atoms with Crippen LogP contribution in [0.3, 0.4) is 0 Å². The molecule has 0 aliphatic rings. The van der Waals surface area contributed by atoms with Gasteiger partial charge in [-0.3, -0.25) is 4.79 Å². The summed E-state index contributed by atoms with van der Waals surface area (Å²) in [6.45, 7) is 4.69. The second kappa shape index (κ2) is 6.50. The topological polar surface area (TPSA) is 46.3 Å². The van der Waals surface area contributed by atoms with Crippen molar-refractivity contribution in [3.05, 3.63) is 35.6 Å². The Morgan fingerprint density at radius 2 is 2.11 bits per heavy atom. The summed E-state index contributed by atoms with van der Waals surface area (Å²) >= 11 is 0. The molecule has 1 unspecified atom stereocenters. The Kier molecular flexibility index (Phi) is 5.28. The highest BCUT2D eigenvalue weighted by Gasteiger charge is 2.14. The number of carbonyl (C=O) groups is 1. The average molecular weight is 252 g/mol. The third kappa shape index (κ3) is 4.11. The maximum Gasteiger partial charge on any atom is 0.253 e. The van der Waals surface area contributed by atoms with Gasteiger partial charge in [-0.1, -0.05) is 19.9 Å². The predicted molar refractivity (Wildman–Crippen MR) is 70.8 cm³/mol. The quantitative estimate of drug-likeness (QED) is 0.873. The van der Waals surface area contributed by atoms with Gasteiger partial charge in [0.1, 0.15) is 5.82 Å². The lowest BCUT2D eigenvalue weighted by Gasteiger charge is -2.21. The van der Waals surface area contributed by atoms with Crippen molar-refractivity contribution in [3.63, 3.8) is 0 Å². The fourth-order valence-corrected chi connectivity index (χ4v) is 1.62. The van der Waals surface area contributed by atoms with E-state index in [0.29, 0.717) is 18.0 Å². The lowest BCUT2D eigenvalue weighted by Crippen LogP contribution is -2.34. The molecule has 3 nitrogen and oxygen atoms in total. The lowest BCUT2D eigenvalue weighted by molar-refractivity contribution is 0.0788. The molecule has 0 bridgehead atoms. The number of nitrogens with zero attached hydrogens (tertiary/aromatic N) is 1. The van der Waals surface area contributed by atoms with Crippen molar-refractivity contribution in [2.24, 2.45) is 11.7 Å². The molecule has 0 spiro atoms. The van der Waals surface area contributed by atoms with Crippen LogP contribution < -0.4 is 5.73 Å². The Hall–Kier alpha value is -1.42. The zero-order valence-electron chi connectivity index (χ0n) is 11.2. The minimum absolute atomic E-state index is 0.0766. The number of amides is 1. The fourth-order valence-electron chi connectivity index (χ4n) is 1.62. The number of halogens is 1. The summed E-state index contributed by atoms with van der Waals surface area (Å²) < 4.78 is 13.0. The first-order valence-corrected chi connectivity index (χ1v) is 6.18. The maximum atomic E-state index is 13.0. The highest BCUT2D eigenvalue weighted by molar-refractivity contribution is 5.94. The average Bonchev–Trinajstić information content (AvgIpc) is 2.34. The summed E-state index contributed by atoms with van der Waals surface area (Å²) in [5, 5.41) is 0. The maximum absolute atomic E-state index is 13.0. The van der Waals surface area contributed by atoms with Gasteiger partial charge in [0.15, 0.2) is 0 Å². The molecule has 0 saturated carbocycles. The van der Waals surface area contributed by atoms with Crippen molar-refractivity contribution >= 4 is 5.91 Å². The number of benzene rings is 1. The molecule has 0 heterocycles. The van der Waals surface area contributed by atoms with E-state index in [4.69, 9.17) is 5.73 Å². The third-order valence-corrected chi connectivity index (χ3v) is 3.07. The van der Waals surface area contributed by atoms with Crippen molar-refractivity contribution < 1.29 is 9.18 Å². The number of nitrogens with two attached hydrogens (primary N) is 1. The molecule has 0 radical (unpaired) electrons. The summed E-state index contributed by atoms with van der Waals surface area (Å²) in [4.78, 5) is 13.6. The second-order valence-electron chi connectivity index (χ2n) is 4.93. The van der Waals surface area contributed by atoms with E-state index in [2.05, 4.69) is 13.8 Å². The van der Waals surface area contributed by atoms with Crippen LogP contribution in [-0.2, 0) is 0 Å². The minimum atomic E-state index is -0.395. The lowest BCUT2D eigenvalue weighted by atomic mass is 10.0. The first-order valence-electron chi connectivity index (χ1n) is 6.18. The van der Waals surface area contributed by atoms with E-state index in [-0.39, 0.29) is 11.9 Å². The first kappa shape index (κ1) is 14.6.